The van der Waals surface area contributed by atoms with E-state index in [1.165, 1.54) is 13.1 Å². The quantitative estimate of drug-likeness (QED) is 0.581. The molecule has 2 aromatic carbocycles. The largest absolute Gasteiger partial charge is 0.484 e. The molecule has 0 aromatic heterocycles. The second-order valence-corrected chi connectivity index (χ2v) is 5.52. The van der Waals surface area contributed by atoms with Crippen LogP contribution >= 0.6 is 0 Å². The molecule has 0 aliphatic carbocycles. The molecule has 0 aliphatic heterocycles. The average Bonchev–Trinajstić information content (AvgIpc) is 2.64. The minimum atomic E-state index is -0.553. The molecule has 26 heavy (non-hydrogen) atoms. The number of rotatable bonds is 7. The van der Waals surface area contributed by atoms with Crippen LogP contribution in [0.25, 0.3) is 0 Å². The van der Waals surface area contributed by atoms with Crippen LogP contribution in [0, 0.1) is 17.0 Å². The lowest BCUT2D eigenvalue weighted by atomic mass is 10.1. The summed E-state index contributed by atoms with van der Waals surface area (Å²) in [7, 11) is 1.52. The van der Waals surface area contributed by atoms with Gasteiger partial charge in [0.25, 0.3) is 17.5 Å². The standard InChI is InChI=1S/C18H19N3O5/c1-12-4-3-5-15(17(12)21(24)25)18(23)20-10-13-6-8-14(9-7-13)26-11-16(22)19-2/h3-9H,10-11H2,1-2H3,(H,19,22)(H,20,23). The van der Waals surface area contributed by atoms with Gasteiger partial charge < -0.3 is 15.4 Å². The summed E-state index contributed by atoms with van der Waals surface area (Å²) in [5, 5.41) is 16.3. The van der Waals surface area contributed by atoms with Gasteiger partial charge in [0.2, 0.25) is 0 Å². The molecule has 0 heterocycles. The lowest BCUT2D eigenvalue weighted by molar-refractivity contribution is -0.385. The summed E-state index contributed by atoms with van der Waals surface area (Å²) in [5.74, 6) is -0.223. The zero-order chi connectivity index (χ0) is 19.1. The van der Waals surface area contributed by atoms with Crippen LogP contribution in [-0.4, -0.2) is 30.4 Å². The van der Waals surface area contributed by atoms with Gasteiger partial charge in [-0.15, -0.1) is 0 Å². The van der Waals surface area contributed by atoms with E-state index in [-0.39, 0.29) is 30.3 Å². The third-order valence-corrected chi connectivity index (χ3v) is 3.69. The highest BCUT2D eigenvalue weighted by Crippen LogP contribution is 2.23. The van der Waals surface area contributed by atoms with Crippen molar-refractivity contribution in [3.8, 4) is 5.75 Å². The summed E-state index contributed by atoms with van der Waals surface area (Å²) in [5.41, 5.74) is 1.06. The molecular weight excluding hydrogens is 338 g/mol. The SMILES string of the molecule is CNC(=O)COc1ccc(CNC(=O)c2cccc(C)c2[N+](=O)[O-])cc1. The van der Waals surface area contributed by atoms with Crippen LogP contribution in [0.1, 0.15) is 21.5 Å². The van der Waals surface area contributed by atoms with Crippen molar-refractivity contribution in [3.63, 3.8) is 0 Å². The van der Waals surface area contributed by atoms with Crippen molar-refractivity contribution in [2.45, 2.75) is 13.5 Å². The van der Waals surface area contributed by atoms with Gasteiger partial charge in [-0.3, -0.25) is 19.7 Å². The maximum Gasteiger partial charge on any atom is 0.285 e. The van der Waals surface area contributed by atoms with Crippen LogP contribution < -0.4 is 15.4 Å². The molecule has 136 valence electrons. The fraction of sp³-hybridized carbons (Fsp3) is 0.222. The number of ether oxygens (including phenoxy) is 1. The predicted molar refractivity (Wildman–Crippen MR) is 95.0 cm³/mol. The van der Waals surface area contributed by atoms with Gasteiger partial charge in [-0.2, -0.15) is 0 Å². The Morgan fingerprint density at radius 2 is 1.85 bits per heavy atom. The average molecular weight is 357 g/mol. The molecule has 8 nitrogen and oxygen atoms in total. The number of para-hydroxylation sites is 1. The fourth-order valence-corrected chi connectivity index (χ4v) is 2.29. The van der Waals surface area contributed by atoms with Crippen molar-refractivity contribution in [3.05, 3.63) is 69.3 Å². The van der Waals surface area contributed by atoms with E-state index >= 15 is 0 Å². The Balaban J connectivity index is 1.99. The van der Waals surface area contributed by atoms with E-state index in [2.05, 4.69) is 10.6 Å². The first-order valence-electron chi connectivity index (χ1n) is 7.87. The number of nitrogens with one attached hydrogen (secondary N) is 2. The molecule has 0 saturated carbocycles. The molecule has 2 rings (SSSR count). The Hall–Kier alpha value is -3.42. The topological polar surface area (TPSA) is 111 Å². The monoisotopic (exact) mass is 357 g/mol. The van der Waals surface area contributed by atoms with Crippen molar-refractivity contribution in [2.75, 3.05) is 13.7 Å². The molecule has 8 heteroatoms. The van der Waals surface area contributed by atoms with Crippen LogP contribution in [-0.2, 0) is 11.3 Å². The molecule has 0 aliphatic rings. The first-order chi connectivity index (χ1) is 12.4. The highest BCUT2D eigenvalue weighted by molar-refractivity contribution is 5.98. The number of nitro groups is 1. The minimum Gasteiger partial charge on any atom is -0.484 e. The smallest absolute Gasteiger partial charge is 0.285 e. The Labute approximate surface area is 150 Å². The van der Waals surface area contributed by atoms with Gasteiger partial charge in [0.1, 0.15) is 11.3 Å². The summed E-state index contributed by atoms with van der Waals surface area (Å²) in [4.78, 5) is 34.0. The highest BCUT2D eigenvalue weighted by Gasteiger charge is 2.22. The first-order valence-corrected chi connectivity index (χ1v) is 7.87. The first kappa shape index (κ1) is 18.9. The van der Waals surface area contributed by atoms with E-state index in [4.69, 9.17) is 4.74 Å². The van der Waals surface area contributed by atoms with Gasteiger partial charge >= 0.3 is 0 Å². The fourth-order valence-electron chi connectivity index (χ4n) is 2.29. The van der Waals surface area contributed by atoms with Gasteiger partial charge in [0.05, 0.1) is 4.92 Å². The summed E-state index contributed by atoms with van der Waals surface area (Å²) in [6.45, 7) is 1.72. The Kier molecular flexibility index (Phi) is 6.26. The Bertz CT molecular complexity index is 818. The number of carbonyl (C=O) groups excluding carboxylic acids is 2. The maximum absolute atomic E-state index is 12.3. The van der Waals surface area contributed by atoms with E-state index in [1.54, 1.807) is 43.3 Å². The second kappa shape index (κ2) is 8.61. The summed E-state index contributed by atoms with van der Waals surface area (Å²) >= 11 is 0. The molecule has 0 fully saturated rings. The van der Waals surface area contributed by atoms with Crippen molar-refractivity contribution >= 4 is 17.5 Å². The number of nitrogens with zero attached hydrogens (tertiary/aromatic N) is 1. The van der Waals surface area contributed by atoms with E-state index in [9.17, 15) is 19.7 Å². The van der Waals surface area contributed by atoms with Crippen LogP contribution in [0.2, 0.25) is 0 Å². The summed E-state index contributed by atoms with van der Waals surface area (Å²) in [6, 6.07) is 11.5. The van der Waals surface area contributed by atoms with E-state index in [0.717, 1.165) is 5.56 Å². The number of amides is 2. The zero-order valence-corrected chi connectivity index (χ0v) is 14.4. The van der Waals surface area contributed by atoms with Crippen molar-refractivity contribution in [2.24, 2.45) is 0 Å². The molecule has 2 aromatic rings. The molecule has 0 spiro atoms. The van der Waals surface area contributed by atoms with Crippen LogP contribution in [0.15, 0.2) is 42.5 Å². The van der Waals surface area contributed by atoms with Gasteiger partial charge in [-0.05, 0) is 30.7 Å². The van der Waals surface area contributed by atoms with Crippen LogP contribution in [0.5, 0.6) is 5.75 Å². The molecular formula is C18H19N3O5. The number of nitro benzene ring substituents is 1. The lowest BCUT2D eigenvalue weighted by Gasteiger charge is -2.09. The van der Waals surface area contributed by atoms with E-state index in [1.807, 2.05) is 0 Å². The minimum absolute atomic E-state index is 0.0283. The van der Waals surface area contributed by atoms with E-state index in [0.29, 0.717) is 11.3 Å². The predicted octanol–water partition coefficient (Wildman–Crippen LogP) is 1.96. The van der Waals surface area contributed by atoms with E-state index < -0.39 is 10.8 Å². The van der Waals surface area contributed by atoms with Crippen molar-refractivity contribution in [1.29, 1.82) is 0 Å². The van der Waals surface area contributed by atoms with Crippen molar-refractivity contribution < 1.29 is 19.2 Å². The number of likely N-dealkylation sites (N-methyl/N-ethyl adjacent to an activating group) is 1. The third-order valence-electron chi connectivity index (χ3n) is 3.69. The summed E-state index contributed by atoms with van der Waals surface area (Å²) in [6.07, 6.45) is 0. The Morgan fingerprint density at radius 1 is 1.15 bits per heavy atom. The van der Waals surface area contributed by atoms with Gasteiger partial charge in [-0.1, -0.05) is 24.3 Å². The lowest BCUT2D eigenvalue weighted by Crippen LogP contribution is -2.25. The van der Waals surface area contributed by atoms with Crippen LogP contribution in [0.4, 0.5) is 5.69 Å². The second-order valence-electron chi connectivity index (χ2n) is 5.52. The number of benzene rings is 2. The number of aryl methyl sites for hydroxylation is 1. The van der Waals surface area contributed by atoms with Gasteiger partial charge in [-0.25, -0.2) is 0 Å². The van der Waals surface area contributed by atoms with Crippen LogP contribution in [0.3, 0.4) is 0 Å². The van der Waals surface area contributed by atoms with Gasteiger partial charge in [0, 0.05) is 19.2 Å². The molecule has 0 radical (unpaired) electrons. The molecule has 0 atom stereocenters. The normalized spacial score (nSPS) is 10.1. The van der Waals surface area contributed by atoms with Gasteiger partial charge in [0.15, 0.2) is 6.61 Å². The molecule has 0 unspecified atom stereocenters. The summed E-state index contributed by atoms with van der Waals surface area (Å²) < 4.78 is 5.29. The van der Waals surface area contributed by atoms with Crippen molar-refractivity contribution in [1.82, 2.24) is 10.6 Å². The molecule has 0 saturated heterocycles. The number of hydrogen-bond donors (Lipinski definition) is 2. The molecule has 2 N–H and O–H groups in total. The molecule has 2 amide bonds. The number of hydrogen-bond acceptors (Lipinski definition) is 5. The maximum atomic E-state index is 12.3. The highest BCUT2D eigenvalue weighted by atomic mass is 16.6. The third kappa shape index (κ3) is 4.79. The molecule has 0 bridgehead atoms. The number of carbonyl (C=O) groups is 2. The zero-order valence-electron chi connectivity index (χ0n) is 14.4. The Morgan fingerprint density at radius 3 is 2.46 bits per heavy atom.